The SMILES string of the molecule is CC(N)C(=O)NCC(C)C1CC1. The zero-order chi connectivity index (χ0) is 9.14. The summed E-state index contributed by atoms with van der Waals surface area (Å²) in [7, 11) is 0. The van der Waals surface area contributed by atoms with Gasteiger partial charge in [-0.25, -0.2) is 0 Å². The third-order valence-electron chi connectivity index (χ3n) is 2.44. The average Bonchev–Trinajstić information content (AvgIpc) is 2.81. The molecule has 0 spiro atoms. The maximum absolute atomic E-state index is 11.1. The van der Waals surface area contributed by atoms with Gasteiger partial charge in [0.1, 0.15) is 0 Å². The third-order valence-corrected chi connectivity index (χ3v) is 2.44. The van der Waals surface area contributed by atoms with E-state index in [2.05, 4.69) is 12.2 Å². The molecule has 0 heterocycles. The number of carbonyl (C=O) groups excluding carboxylic acids is 1. The number of nitrogens with two attached hydrogens (primary N) is 1. The standard InChI is InChI=1S/C9H18N2O/c1-6(8-3-4-8)5-11-9(12)7(2)10/h6-8H,3-5,10H2,1-2H3,(H,11,12). The van der Waals surface area contributed by atoms with Gasteiger partial charge >= 0.3 is 0 Å². The normalized spacial score (nSPS) is 21.6. The van der Waals surface area contributed by atoms with Crippen LogP contribution in [0.4, 0.5) is 0 Å². The topological polar surface area (TPSA) is 55.1 Å². The van der Waals surface area contributed by atoms with E-state index in [9.17, 15) is 4.79 Å². The van der Waals surface area contributed by atoms with Crippen molar-refractivity contribution in [3.8, 4) is 0 Å². The number of hydrogen-bond donors (Lipinski definition) is 2. The molecule has 3 heteroatoms. The molecule has 2 atom stereocenters. The van der Waals surface area contributed by atoms with Crippen LogP contribution in [0.1, 0.15) is 26.7 Å². The van der Waals surface area contributed by atoms with Gasteiger partial charge in [-0.3, -0.25) is 4.79 Å². The highest BCUT2D eigenvalue weighted by Crippen LogP contribution is 2.35. The van der Waals surface area contributed by atoms with Gasteiger partial charge in [0.05, 0.1) is 6.04 Å². The minimum atomic E-state index is -0.378. The van der Waals surface area contributed by atoms with E-state index >= 15 is 0 Å². The number of hydrogen-bond acceptors (Lipinski definition) is 2. The first-order valence-corrected chi connectivity index (χ1v) is 4.64. The lowest BCUT2D eigenvalue weighted by Gasteiger charge is -2.12. The largest absolute Gasteiger partial charge is 0.354 e. The summed E-state index contributed by atoms with van der Waals surface area (Å²) in [5, 5.41) is 2.84. The Morgan fingerprint density at radius 2 is 2.17 bits per heavy atom. The fraction of sp³-hybridized carbons (Fsp3) is 0.889. The molecule has 1 fully saturated rings. The molecule has 1 amide bonds. The van der Waals surface area contributed by atoms with Crippen molar-refractivity contribution < 1.29 is 4.79 Å². The van der Waals surface area contributed by atoms with Crippen molar-refractivity contribution in [3.05, 3.63) is 0 Å². The highest BCUT2D eigenvalue weighted by Gasteiger charge is 2.27. The van der Waals surface area contributed by atoms with Gasteiger partial charge < -0.3 is 11.1 Å². The van der Waals surface area contributed by atoms with Crippen LogP contribution < -0.4 is 11.1 Å². The first-order valence-electron chi connectivity index (χ1n) is 4.64. The molecule has 0 bridgehead atoms. The van der Waals surface area contributed by atoms with Crippen LogP contribution in [-0.2, 0) is 4.79 Å². The summed E-state index contributed by atoms with van der Waals surface area (Å²) in [4.78, 5) is 11.1. The van der Waals surface area contributed by atoms with Crippen molar-refractivity contribution in [1.29, 1.82) is 0 Å². The number of amides is 1. The first-order chi connectivity index (χ1) is 5.61. The highest BCUT2D eigenvalue weighted by atomic mass is 16.2. The zero-order valence-corrected chi connectivity index (χ0v) is 7.84. The van der Waals surface area contributed by atoms with E-state index in [1.807, 2.05) is 0 Å². The van der Waals surface area contributed by atoms with E-state index in [-0.39, 0.29) is 11.9 Å². The fourth-order valence-electron chi connectivity index (χ4n) is 1.25. The van der Waals surface area contributed by atoms with Crippen LogP contribution in [0.2, 0.25) is 0 Å². The monoisotopic (exact) mass is 170 g/mol. The van der Waals surface area contributed by atoms with Crippen molar-refractivity contribution >= 4 is 5.91 Å². The van der Waals surface area contributed by atoms with Gasteiger partial charge in [0, 0.05) is 6.54 Å². The van der Waals surface area contributed by atoms with Crippen LogP contribution in [0, 0.1) is 11.8 Å². The van der Waals surface area contributed by atoms with Crippen LogP contribution in [0.15, 0.2) is 0 Å². The fourth-order valence-corrected chi connectivity index (χ4v) is 1.25. The maximum atomic E-state index is 11.1. The van der Waals surface area contributed by atoms with E-state index in [1.54, 1.807) is 6.92 Å². The first kappa shape index (κ1) is 9.52. The molecule has 0 saturated heterocycles. The number of rotatable bonds is 4. The van der Waals surface area contributed by atoms with Crippen LogP contribution in [0.3, 0.4) is 0 Å². The molecule has 1 rings (SSSR count). The van der Waals surface area contributed by atoms with E-state index in [0.717, 1.165) is 12.5 Å². The summed E-state index contributed by atoms with van der Waals surface area (Å²) in [6.45, 7) is 4.67. The predicted molar refractivity (Wildman–Crippen MR) is 48.5 cm³/mol. The second-order valence-corrected chi connectivity index (χ2v) is 3.85. The van der Waals surface area contributed by atoms with Gasteiger partial charge in [0.2, 0.25) is 5.91 Å². The Hall–Kier alpha value is -0.570. The predicted octanol–water partition coefficient (Wildman–Crippen LogP) is 0.496. The summed E-state index contributed by atoms with van der Waals surface area (Å²) in [6.07, 6.45) is 2.66. The molecule has 0 aliphatic heterocycles. The summed E-state index contributed by atoms with van der Waals surface area (Å²) >= 11 is 0. The Morgan fingerprint density at radius 3 is 2.58 bits per heavy atom. The van der Waals surface area contributed by atoms with Gasteiger partial charge in [0.25, 0.3) is 0 Å². The molecule has 3 N–H and O–H groups in total. The molecule has 70 valence electrons. The lowest BCUT2D eigenvalue weighted by molar-refractivity contribution is -0.122. The van der Waals surface area contributed by atoms with Crippen LogP contribution >= 0.6 is 0 Å². The minimum Gasteiger partial charge on any atom is -0.354 e. The third kappa shape index (κ3) is 2.81. The smallest absolute Gasteiger partial charge is 0.236 e. The van der Waals surface area contributed by atoms with Crippen LogP contribution in [0.25, 0.3) is 0 Å². The molecule has 0 radical (unpaired) electrons. The summed E-state index contributed by atoms with van der Waals surface area (Å²) in [5.41, 5.74) is 5.40. The van der Waals surface area contributed by atoms with E-state index in [1.165, 1.54) is 12.8 Å². The molecular formula is C9H18N2O. The second kappa shape index (κ2) is 3.90. The lowest BCUT2D eigenvalue weighted by Crippen LogP contribution is -2.40. The van der Waals surface area contributed by atoms with E-state index in [4.69, 9.17) is 5.73 Å². The Morgan fingerprint density at radius 1 is 1.58 bits per heavy atom. The van der Waals surface area contributed by atoms with Gasteiger partial charge in [-0.05, 0) is 31.6 Å². The molecule has 1 aliphatic carbocycles. The summed E-state index contributed by atoms with van der Waals surface area (Å²) in [5.74, 6) is 1.42. The molecule has 3 nitrogen and oxygen atoms in total. The quantitative estimate of drug-likeness (QED) is 0.645. The van der Waals surface area contributed by atoms with Crippen molar-refractivity contribution in [2.24, 2.45) is 17.6 Å². The Bertz CT molecular complexity index is 164. The molecule has 0 aromatic heterocycles. The average molecular weight is 170 g/mol. The van der Waals surface area contributed by atoms with Crippen molar-refractivity contribution in [2.75, 3.05) is 6.54 Å². The van der Waals surface area contributed by atoms with E-state index < -0.39 is 0 Å². The minimum absolute atomic E-state index is 0.0394. The summed E-state index contributed by atoms with van der Waals surface area (Å²) < 4.78 is 0. The molecule has 12 heavy (non-hydrogen) atoms. The van der Waals surface area contributed by atoms with Crippen LogP contribution in [-0.4, -0.2) is 18.5 Å². The lowest BCUT2D eigenvalue weighted by atomic mass is 10.1. The molecule has 1 saturated carbocycles. The highest BCUT2D eigenvalue weighted by molar-refractivity contribution is 5.80. The van der Waals surface area contributed by atoms with Gasteiger partial charge in [-0.1, -0.05) is 6.92 Å². The molecule has 0 aromatic carbocycles. The van der Waals surface area contributed by atoms with Crippen molar-refractivity contribution in [3.63, 3.8) is 0 Å². The van der Waals surface area contributed by atoms with Crippen molar-refractivity contribution in [1.82, 2.24) is 5.32 Å². The second-order valence-electron chi connectivity index (χ2n) is 3.85. The summed E-state index contributed by atoms with van der Waals surface area (Å²) in [6, 6.07) is -0.378. The Kier molecular flexibility index (Phi) is 3.09. The number of nitrogens with one attached hydrogen (secondary N) is 1. The maximum Gasteiger partial charge on any atom is 0.236 e. The zero-order valence-electron chi connectivity index (χ0n) is 7.84. The molecule has 0 aromatic rings. The Balaban J connectivity index is 2.11. The van der Waals surface area contributed by atoms with Crippen molar-refractivity contribution in [2.45, 2.75) is 32.7 Å². The van der Waals surface area contributed by atoms with Gasteiger partial charge in [-0.15, -0.1) is 0 Å². The Labute approximate surface area is 73.7 Å². The van der Waals surface area contributed by atoms with Crippen LogP contribution in [0.5, 0.6) is 0 Å². The molecule has 1 aliphatic rings. The van der Waals surface area contributed by atoms with Gasteiger partial charge in [0.15, 0.2) is 0 Å². The van der Waals surface area contributed by atoms with Gasteiger partial charge in [-0.2, -0.15) is 0 Å². The number of carbonyl (C=O) groups is 1. The van der Waals surface area contributed by atoms with E-state index in [0.29, 0.717) is 5.92 Å². The molecule has 2 unspecified atom stereocenters. The molecular weight excluding hydrogens is 152 g/mol.